The van der Waals surface area contributed by atoms with Crippen LogP contribution in [0.25, 0.3) is 0 Å². The molecule has 0 atom stereocenters. The molecular weight excluding hydrogens is 303 g/mol. The van der Waals surface area contributed by atoms with Crippen molar-refractivity contribution in [2.75, 3.05) is 20.1 Å². The maximum atomic E-state index is 13.6. The van der Waals surface area contributed by atoms with E-state index in [1.165, 1.54) is 50.3 Å². The number of hydrogen-bond acceptors (Lipinski definition) is 2. The van der Waals surface area contributed by atoms with Crippen LogP contribution in [0.5, 0.6) is 0 Å². The van der Waals surface area contributed by atoms with Crippen LogP contribution in [0.1, 0.15) is 48.9 Å². The van der Waals surface area contributed by atoms with E-state index in [1.54, 1.807) is 0 Å². The summed E-state index contributed by atoms with van der Waals surface area (Å²) in [4.78, 5) is 14.4. The number of carbonyl (C=O) groups is 1. The second-order valence-corrected chi connectivity index (χ2v) is 6.39. The number of nitrogens with zero attached hydrogens (tertiary/aromatic N) is 1. The first-order valence-electron chi connectivity index (χ1n) is 8.02. The molecule has 5 heteroatoms. The summed E-state index contributed by atoms with van der Waals surface area (Å²) >= 11 is 5.88. The number of halogens is 2. The topological polar surface area (TPSA) is 32.3 Å². The first-order chi connectivity index (χ1) is 10.6. The molecule has 2 rings (SSSR count). The van der Waals surface area contributed by atoms with Gasteiger partial charge in [0.2, 0.25) is 0 Å². The third-order valence-corrected chi connectivity index (χ3v) is 4.68. The Hall–Kier alpha value is -1.13. The lowest BCUT2D eigenvalue weighted by molar-refractivity contribution is 0.0946. The quantitative estimate of drug-likeness (QED) is 0.805. The summed E-state index contributed by atoms with van der Waals surface area (Å²) in [5.74, 6) is -1.02. The summed E-state index contributed by atoms with van der Waals surface area (Å²) in [5.41, 5.74) is -0.0650. The Morgan fingerprint density at radius 2 is 2.09 bits per heavy atom. The fourth-order valence-electron chi connectivity index (χ4n) is 3.04. The summed E-state index contributed by atoms with van der Waals surface area (Å²) in [6.07, 6.45) is 7.38. The van der Waals surface area contributed by atoms with E-state index >= 15 is 0 Å². The van der Waals surface area contributed by atoms with Gasteiger partial charge in [0.15, 0.2) is 0 Å². The van der Waals surface area contributed by atoms with Crippen LogP contribution in [-0.4, -0.2) is 37.0 Å². The molecule has 1 N–H and O–H groups in total. The van der Waals surface area contributed by atoms with Gasteiger partial charge in [-0.2, -0.15) is 0 Å². The molecule has 122 valence electrons. The third kappa shape index (κ3) is 4.68. The number of carbonyl (C=O) groups excluding carboxylic acids is 1. The fraction of sp³-hybridized carbons (Fsp3) is 0.588. The van der Waals surface area contributed by atoms with Crippen molar-refractivity contribution in [3.63, 3.8) is 0 Å². The van der Waals surface area contributed by atoms with Crippen molar-refractivity contribution in [1.29, 1.82) is 0 Å². The lowest BCUT2D eigenvalue weighted by Gasteiger charge is -2.31. The van der Waals surface area contributed by atoms with Gasteiger partial charge in [0.25, 0.3) is 5.91 Å². The molecule has 0 spiro atoms. The molecule has 0 heterocycles. The van der Waals surface area contributed by atoms with Gasteiger partial charge in [-0.15, -0.1) is 0 Å². The van der Waals surface area contributed by atoms with Crippen molar-refractivity contribution < 1.29 is 9.18 Å². The molecule has 0 aliphatic heterocycles. The van der Waals surface area contributed by atoms with E-state index in [9.17, 15) is 9.18 Å². The van der Waals surface area contributed by atoms with Crippen molar-refractivity contribution in [2.24, 2.45) is 0 Å². The van der Waals surface area contributed by atoms with Crippen LogP contribution in [0.15, 0.2) is 18.2 Å². The second kappa shape index (κ2) is 8.49. The predicted molar refractivity (Wildman–Crippen MR) is 87.9 cm³/mol. The summed E-state index contributed by atoms with van der Waals surface area (Å²) in [7, 11) is 2.14. The molecule has 0 aromatic heterocycles. The number of benzene rings is 1. The zero-order chi connectivity index (χ0) is 15.9. The molecule has 1 aromatic rings. The monoisotopic (exact) mass is 326 g/mol. The Kier molecular flexibility index (Phi) is 6.65. The van der Waals surface area contributed by atoms with Crippen molar-refractivity contribution in [3.05, 3.63) is 34.6 Å². The molecule has 0 bridgehead atoms. The highest BCUT2D eigenvalue weighted by atomic mass is 35.5. The van der Waals surface area contributed by atoms with Gasteiger partial charge in [-0.3, -0.25) is 4.79 Å². The molecule has 1 aliphatic carbocycles. The normalized spacial score (nSPS) is 16.0. The lowest BCUT2D eigenvalue weighted by atomic mass is 9.94. The number of hydrogen-bond donors (Lipinski definition) is 1. The highest BCUT2D eigenvalue weighted by Crippen LogP contribution is 2.21. The number of amides is 1. The Labute approximate surface area is 136 Å². The average molecular weight is 327 g/mol. The minimum atomic E-state index is -0.579. The van der Waals surface area contributed by atoms with Crippen LogP contribution in [0.4, 0.5) is 4.39 Å². The van der Waals surface area contributed by atoms with E-state index in [2.05, 4.69) is 17.3 Å². The minimum Gasteiger partial charge on any atom is -0.352 e. The van der Waals surface area contributed by atoms with Crippen LogP contribution < -0.4 is 5.32 Å². The summed E-state index contributed by atoms with van der Waals surface area (Å²) in [6.45, 7) is 1.47. The highest BCUT2D eigenvalue weighted by molar-refractivity contribution is 6.33. The van der Waals surface area contributed by atoms with Gasteiger partial charge in [0, 0.05) is 12.6 Å². The molecule has 1 amide bonds. The predicted octanol–water partition coefficient (Wildman–Crippen LogP) is 3.86. The minimum absolute atomic E-state index is 0.0650. The zero-order valence-corrected chi connectivity index (χ0v) is 13.8. The standard InChI is InChI=1S/C17H24ClFN2O/c1-21(13-7-3-2-4-8-13)12-6-11-20-17(22)16-14(18)9-5-10-15(16)19/h5,9-10,13H,2-4,6-8,11-12H2,1H3,(H,20,22). The Bertz CT molecular complexity index is 483. The fourth-order valence-corrected chi connectivity index (χ4v) is 3.29. The molecule has 22 heavy (non-hydrogen) atoms. The summed E-state index contributed by atoms with van der Waals surface area (Å²) in [6, 6.07) is 4.94. The van der Waals surface area contributed by atoms with Gasteiger partial charge >= 0.3 is 0 Å². The van der Waals surface area contributed by atoms with Crippen LogP contribution in [0, 0.1) is 5.82 Å². The third-order valence-electron chi connectivity index (χ3n) is 4.36. The van der Waals surface area contributed by atoms with E-state index in [0.717, 1.165) is 13.0 Å². The van der Waals surface area contributed by atoms with Crippen molar-refractivity contribution in [2.45, 2.75) is 44.6 Å². The van der Waals surface area contributed by atoms with Crippen molar-refractivity contribution >= 4 is 17.5 Å². The van der Waals surface area contributed by atoms with Crippen molar-refractivity contribution in [3.8, 4) is 0 Å². The average Bonchev–Trinajstić information content (AvgIpc) is 2.52. The van der Waals surface area contributed by atoms with Gasteiger partial charge in [0.1, 0.15) is 5.82 Å². The second-order valence-electron chi connectivity index (χ2n) is 5.98. The van der Waals surface area contributed by atoms with Crippen LogP contribution in [0.2, 0.25) is 5.02 Å². The van der Waals surface area contributed by atoms with Crippen LogP contribution >= 0.6 is 11.6 Å². The van der Waals surface area contributed by atoms with Gasteiger partial charge in [-0.25, -0.2) is 4.39 Å². The van der Waals surface area contributed by atoms with E-state index in [4.69, 9.17) is 11.6 Å². The van der Waals surface area contributed by atoms with Gasteiger partial charge in [-0.05, 0) is 45.0 Å². The molecule has 0 radical (unpaired) electrons. The highest BCUT2D eigenvalue weighted by Gasteiger charge is 2.18. The Morgan fingerprint density at radius 3 is 2.77 bits per heavy atom. The SMILES string of the molecule is CN(CCCNC(=O)c1c(F)cccc1Cl)C1CCCCC1. The van der Waals surface area contributed by atoms with E-state index < -0.39 is 11.7 Å². The molecule has 1 fully saturated rings. The maximum absolute atomic E-state index is 13.6. The Balaban J connectivity index is 1.73. The number of nitrogens with one attached hydrogen (secondary N) is 1. The first kappa shape index (κ1) is 17.2. The smallest absolute Gasteiger partial charge is 0.255 e. The molecule has 0 unspecified atom stereocenters. The summed E-state index contributed by atoms with van der Waals surface area (Å²) in [5, 5.41) is 2.90. The molecular formula is C17H24ClFN2O. The maximum Gasteiger partial charge on any atom is 0.255 e. The molecule has 3 nitrogen and oxygen atoms in total. The molecule has 0 saturated heterocycles. The molecule has 1 aliphatic rings. The Morgan fingerprint density at radius 1 is 1.36 bits per heavy atom. The van der Waals surface area contributed by atoms with Gasteiger partial charge < -0.3 is 10.2 Å². The molecule has 1 aromatic carbocycles. The number of rotatable bonds is 6. The zero-order valence-electron chi connectivity index (χ0n) is 13.1. The van der Waals surface area contributed by atoms with Gasteiger partial charge in [-0.1, -0.05) is 36.9 Å². The van der Waals surface area contributed by atoms with Crippen LogP contribution in [0.3, 0.4) is 0 Å². The summed E-state index contributed by atoms with van der Waals surface area (Å²) < 4.78 is 13.6. The van der Waals surface area contributed by atoms with Crippen molar-refractivity contribution in [1.82, 2.24) is 10.2 Å². The van der Waals surface area contributed by atoms with E-state index in [-0.39, 0.29) is 10.6 Å². The van der Waals surface area contributed by atoms with E-state index in [0.29, 0.717) is 12.6 Å². The molecule has 1 saturated carbocycles. The van der Waals surface area contributed by atoms with Gasteiger partial charge in [0.05, 0.1) is 10.6 Å². The van der Waals surface area contributed by atoms with Crippen LogP contribution in [-0.2, 0) is 0 Å². The first-order valence-corrected chi connectivity index (χ1v) is 8.40. The largest absolute Gasteiger partial charge is 0.352 e. The van der Waals surface area contributed by atoms with E-state index in [1.807, 2.05) is 0 Å². The lowest BCUT2D eigenvalue weighted by Crippen LogP contribution is -2.36.